The molecule has 4 nitrogen and oxygen atoms in total. The first-order chi connectivity index (χ1) is 7.64. The highest BCUT2D eigenvalue weighted by Crippen LogP contribution is 2.25. The summed E-state index contributed by atoms with van der Waals surface area (Å²) in [4.78, 5) is 0. The third-order valence-electron chi connectivity index (χ3n) is 3.22. The molecular weight excluding hydrogens is 224 g/mol. The molecule has 1 aliphatic carbocycles. The third kappa shape index (κ3) is 5.82. The molecule has 2 N–H and O–H groups in total. The Morgan fingerprint density at radius 3 is 2.44 bits per heavy atom. The monoisotopic (exact) mass is 248 g/mol. The molecule has 0 atom stereocenters. The molecule has 96 valence electrons. The van der Waals surface area contributed by atoms with Gasteiger partial charge in [0, 0.05) is 13.1 Å². The van der Waals surface area contributed by atoms with Crippen molar-refractivity contribution in [3.63, 3.8) is 0 Å². The molecule has 0 amide bonds. The van der Waals surface area contributed by atoms with Crippen LogP contribution in [0.15, 0.2) is 0 Å². The van der Waals surface area contributed by atoms with Crippen LogP contribution in [0.25, 0.3) is 0 Å². The number of rotatable bonds is 7. The van der Waals surface area contributed by atoms with Crippen molar-refractivity contribution in [3.05, 3.63) is 0 Å². The molecule has 0 aromatic heterocycles. The van der Waals surface area contributed by atoms with E-state index in [-0.39, 0.29) is 5.75 Å². The van der Waals surface area contributed by atoms with Crippen molar-refractivity contribution in [2.45, 2.75) is 38.5 Å². The van der Waals surface area contributed by atoms with Crippen molar-refractivity contribution in [3.8, 4) is 0 Å². The SMILES string of the molecule is CNCCS(=O)(=O)NCCC1CCCCC1. The number of sulfonamides is 1. The molecule has 0 unspecified atom stereocenters. The summed E-state index contributed by atoms with van der Waals surface area (Å²) in [7, 11) is -1.30. The summed E-state index contributed by atoms with van der Waals surface area (Å²) in [6.45, 7) is 1.12. The molecule has 0 bridgehead atoms. The van der Waals surface area contributed by atoms with Crippen LogP contribution in [0, 0.1) is 5.92 Å². The first kappa shape index (κ1) is 13.9. The van der Waals surface area contributed by atoms with Crippen LogP contribution in [-0.2, 0) is 10.0 Å². The molecule has 1 rings (SSSR count). The molecule has 5 heteroatoms. The highest BCUT2D eigenvalue weighted by Gasteiger charge is 2.14. The largest absolute Gasteiger partial charge is 0.319 e. The second-order valence-electron chi connectivity index (χ2n) is 4.61. The van der Waals surface area contributed by atoms with Crippen LogP contribution in [0.3, 0.4) is 0 Å². The first-order valence-corrected chi connectivity index (χ1v) is 7.91. The Bertz CT molecular complexity index is 272. The quantitative estimate of drug-likeness (QED) is 0.709. The fraction of sp³-hybridized carbons (Fsp3) is 1.00. The molecule has 1 fully saturated rings. The molecule has 0 aliphatic heterocycles. The maximum absolute atomic E-state index is 11.5. The van der Waals surface area contributed by atoms with E-state index in [1.165, 1.54) is 32.1 Å². The minimum Gasteiger partial charge on any atom is -0.319 e. The summed E-state index contributed by atoms with van der Waals surface area (Å²) >= 11 is 0. The lowest BCUT2D eigenvalue weighted by atomic mass is 9.87. The standard InChI is InChI=1S/C11H24N2O2S/c1-12-9-10-16(14,15)13-8-7-11-5-3-2-4-6-11/h11-13H,2-10H2,1H3. The Balaban J connectivity index is 2.13. The Kier molecular flexibility index (Phi) is 6.31. The van der Waals surface area contributed by atoms with E-state index >= 15 is 0 Å². The van der Waals surface area contributed by atoms with Gasteiger partial charge in [-0.2, -0.15) is 0 Å². The van der Waals surface area contributed by atoms with Gasteiger partial charge in [0.05, 0.1) is 5.75 Å². The van der Waals surface area contributed by atoms with Gasteiger partial charge in [-0.3, -0.25) is 0 Å². The summed E-state index contributed by atoms with van der Waals surface area (Å²) < 4.78 is 25.6. The minimum atomic E-state index is -3.06. The van der Waals surface area contributed by atoms with Gasteiger partial charge in [0.1, 0.15) is 0 Å². The van der Waals surface area contributed by atoms with Crippen molar-refractivity contribution in [2.75, 3.05) is 25.9 Å². The average molecular weight is 248 g/mol. The average Bonchev–Trinajstić information content (AvgIpc) is 2.28. The molecule has 16 heavy (non-hydrogen) atoms. The van der Waals surface area contributed by atoms with Gasteiger partial charge in [0.25, 0.3) is 0 Å². The lowest BCUT2D eigenvalue weighted by Gasteiger charge is -2.21. The minimum absolute atomic E-state index is 0.175. The van der Waals surface area contributed by atoms with Crippen LogP contribution in [0.2, 0.25) is 0 Å². The van der Waals surface area contributed by atoms with Gasteiger partial charge < -0.3 is 5.32 Å². The van der Waals surface area contributed by atoms with E-state index in [1.807, 2.05) is 0 Å². The van der Waals surface area contributed by atoms with Crippen LogP contribution in [0.1, 0.15) is 38.5 Å². The highest BCUT2D eigenvalue weighted by atomic mass is 32.2. The molecule has 0 radical (unpaired) electrons. The van der Waals surface area contributed by atoms with Gasteiger partial charge in [-0.1, -0.05) is 32.1 Å². The van der Waals surface area contributed by atoms with E-state index in [0.717, 1.165) is 12.3 Å². The summed E-state index contributed by atoms with van der Waals surface area (Å²) in [5.74, 6) is 0.912. The van der Waals surface area contributed by atoms with E-state index < -0.39 is 10.0 Å². The zero-order chi connectivity index (χ0) is 11.9. The zero-order valence-corrected chi connectivity index (χ0v) is 11.0. The molecule has 0 aromatic rings. The van der Waals surface area contributed by atoms with E-state index in [9.17, 15) is 8.42 Å². The van der Waals surface area contributed by atoms with E-state index in [0.29, 0.717) is 13.1 Å². The first-order valence-electron chi connectivity index (χ1n) is 6.26. The topological polar surface area (TPSA) is 58.2 Å². The van der Waals surface area contributed by atoms with Crippen LogP contribution in [-0.4, -0.2) is 34.3 Å². The molecule has 1 aliphatic rings. The number of hydrogen-bond donors (Lipinski definition) is 2. The number of hydrogen-bond acceptors (Lipinski definition) is 3. The fourth-order valence-electron chi connectivity index (χ4n) is 2.20. The number of nitrogens with one attached hydrogen (secondary N) is 2. The van der Waals surface area contributed by atoms with Crippen molar-refractivity contribution >= 4 is 10.0 Å². The maximum Gasteiger partial charge on any atom is 0.212 e. The molecule has 1 saturated carbocycles. The predicted octanol–water partition coefficient (Wildman–Crippen LogP) is 1.10. The third-order valence-corrected chi connectivity index (χ3v) is 4.61. The maximum atomic E-state index is 11.5. The van der Waals surface area contributed by atoms with Crippen LogP contribution in [0.5, 0.6) is 0 Å². The molecule has 0 spiro atoms. The normalized spacial score (nSPS) is 18.8. The molecule has 0 heterocycles. The molecule has 0 saturated heterocycles. The van der Waals surface area contributed by atoms with Gasteiger partial charge in [-0.25, -0.2) is 13.1 Å². The van der Waals surface area contributed by atoms with Gasteiger partial charge in [-0.05, 0) is 19.4 Å². The summed E-state index contributed by atoms with van der Waals surface area (Å²) in [5.41, 5.74) is 0. The van der Waals surface area contributed by atoms with Crippen LogP contribution < -0.4 is 10.0 Å². The second kappa shape index (κ2) is 7.25. The lowest BCUT2D eigenvalue weighted by molar-refractivity contribution is 0.339. The van der Waals surface area contributed by atoms with Crippen molar-refractivity contribution in [2.24, 2.45) is 5.92 Å². The summed E-state index contributed by atoms with van der Waals surface area (Å²) in [5, 5.41) is 2.84. The smallest absolute Gasteiger partial charge is 0.212 e. The van der Waals surface area contributed by atoms with E-state index in [2.05, 4.69) is 10.0 Å². The Morgan fingerprint density at radius 2 is 1.81 bits per heavy atom. The van der Waals surface area contributed by atoms with Crippen LogP contribution >= 0.6 is 0 Å². The van der Waals surface area contributed by atoms with Crippen molar-refractivity contribution in [1.82, 2.24) is 10.0 Å². The molecule has 0 aromatic carbocycles. The Morgan fingerprint density at radius 1 is 1.12 bits per heavy atom. The Labute approximate surface area is 99.2 Å². The fourth-order valence-corrected chi connectivity index (χ4v) is 3.25. The van der Waals surface area contributed by atoms with Crippen LogP contribution in [0.4, 0.5) is 0 Å². The van der Waals surface area contributed by atoms with E-state index in [4.69, 9.17) is 0 Å². The Hall–Kier alpha value is -0.130. The summed E-state index contributed by atoms with van der Waals surface area (Å²) in [6, 6.07) is 0. The van der Waals surface area contributed by atoms with Crippen molar-refractivity contribution < 1.29 is 8.42 Å². The second-order valence-corrected chi connectivity index (χ2v) is 6.54. The van der Waals surface area contributed by atoms with Crippen molar-refractivity contribution in [1.29, 1.82) is 0 Å². The van der Waals surface area contributed by atoms with Gasteiger partial charge in [0.2, 0.25) is 10.0 Å². The van der Waals surface area contributed by atoms with Gasteiger partial charge in [0.15, 0.2) is 0 Å². The molecular formula is C11H24N2O2S. The van der Waals surface area contributed by atoms with Gasteiger partial charge in [-0.15, -0.1) is 0 Å². The van der Waals surface area contributed by atoms with Gasteiger partial charge >= 0.3 is 0 Å². The highest BCUT2D eigenvalue weighted by molar-refractivity contribution is 7.89. The lowest BCUT2D eigenvalue weighted by Crippen LogP contribution is -2.32. The summed E-state index contributed by atoms with van der Waals surface area (Å²) in [6.07, 6.45) is 7.54. The predicted molar refractivity (Wildman–Crippen MR) is 66.9 cm³/mol. The zero-order valence-electron chi connectivity index (χ0n) is 10.2. The van der Waals surface area contributed by atoms with E-state index in [1.54, 1.807) is 7.05 Å².